The summed E-state index contributed by atoms with van der Waals surface area (Å²) < 4.78 is 0. The molecule has 2 unspecified atom stereocenters. The van der Waals surface area contributed by atoms with Crippen LogP contribution in [0.25, 0.3) is 0 Å². The zero-order valence-electron chi connectivity index (χ0n) is 8.59. The lowest BCUT2D eigenvalue weighted by molar-refractivity contribution is 0.0451. The summed E-state index contributed by atoms with van der Waals surface area (Å²) in [5.74, 6) is 0.805. The molecule has 1 saturated heterocycles. The molecule has 1 aliphatic heterocycles. The normalized spacial score (nSPS) is 27.2. The van der Waals surface area contributed by atoms with Crippen LogP contribution < -0.4 is 5.73 Å². The minimum absolute atomic E-state index is 0.679. The van der Waals surface area contributed by atoms with Crippen molar-refractivity contribution in [3.63, 3.8) is 0 Å². The molecule has 2 nitrogen and oxygen atoms in total. The summed E-state index contributed by atoms with van der Waals surface area (Å²) in [5, 5.41) is 0. The first-order valence-corrected chi connectivity index (χ1v) is 5.11. The van der Waals surface area contributed by atoms with Gasteiger partial charge in [-0.3, -0.25) is 4.90 Å². The Labute approximate surface area is 76.1 Å². The van der Waals surface area contributed by atoms with Gasteiger partial charge in [0.25, 0.3) is 0 Å². The average molecular weight is 170 g/mol. The highest BCUT2D eigenvalue weighted by atomic mass is 15.2. The lowest BCUT2D eigenvalue weighted by Gasteiger charge is -2.45. The van der Waals surface area contributed by atoms with Crippen molar-refractivity contribution < 1.29 is 0 Å². The smallest absolute Gasteiger partial charge is 0.0233 e. The van der Waals surface area contributed by atoms with Gasteiger partial charge in [0, 0.05) is 25.2 Å². The van der Waals surface area contributed by atoms with Crippen LogP contribution in [0.1, 0.15) is 33.6 Å². The van der Waals surface area contributed by atoms with Crippen LogP contribution in [0.4, 0.5) is 0 Å². The fourth-order valence-corrected chi connectivity index (χ4v) is 2.11. The first kappa shape index (κ1) is 10.0. The molecule has 0 aromatic rings. The third-order valence-corrected chi connectivity index (χ3v) is 2.84. The van der Waals surface area contributed by atoms with E-state index in [9.17, 15) is 0 Å². The SMILES string of the molecule is CC(C)CC(C)N1CCC1CN. The Kier molecular flexibility index (Phi) is 3.53. The Hall–Kier alpha value is -0.0800. The first-order chi connectivity index (χ1) is 5.65. The van der Waals surface area contributed by atoms with Crippen molar-refractivity contribution in [2.24, 2.45) is 11.7 Å². The minimum atomic E-state index is 0.679. The monoisotopic (exact) mass is 170 g/mol. The second-order valence-electron chi connectivity index (χ2n) is 4.39. The van der Waals surface area contributed by atoms with Crippen molar-refractivity contribution >= 4 is 0 Å². The number of hydrogen-bond acceptors (Lipinski definition) is 2. The van der Waals surface area contributed by atoms with Crippen molar-refractivity contribution in [2.75, 3.05) is 13.1 Å². The Morgan fingerprint density at radius 3 is 2.42 bits per heavy atom. The molecule has 0 bridgehead atoms. The number of nitrogens with two attached hydrogens (primary N) is 1. The molecule has 2 heteroatoms. The summed E-state index contributed by atoms with van der Waals surface area (Å²) in [6.45, 7) is 8.99. The summed E-state index contributed by atoms with van der Waals surface area (Å²) in [6, 6.07) is 1.41. The van der Waals surface area contributed by atoms with E-state index in [2.05, 4.69) is 25.7 Å². The van der Waals surface area contributed by atoms with Gasteiger partial charge in [0.05, 0.1) is 0 Å². The van der Waals surface area contributed by atoms with E-state index in [4.69, 9.17) is 5.73 Å². The average Bonchev–Trinajstić information content (AvgIpc) is 1.83. The molecule has 1 heterocycles. The van der Waals surface area contributed by atoms with E-state index in [0.717, 1.165) is 18.5 Å². The van der Waals surface area contributed by atoms with Crippen LogP contribution in [-0.4, -0.2) is 30.1 Å². The molecule has 2 N–H and O–H groups in total. The van der Waals surface area contributed by atoms with Gasteiger partial charge < -0.3 is 5.73 Å². The standard InChI is InChI=1S/C10H22N2/c1-8(2)6-9(3)12-5-4-10(12)7-11/h8-10H,4-7,11H2,1-3H3. The third kappa shape index (κ3) is 2.20. The van der Waals surface area contributed by atoms with Gasteiger partial charge in [0.15, 0.2) is 0 Å². The van der Waals surface area contributed by atoms with Crippen molar-refractivity contribution in [2.45, 2.75) is 45.7 Å². The van der Waals surface area contributed by atoms with Gasteiger partial charge in [0.2, 0.25) is 0 Å². The van der Waals surface area contributed by atoms with Crippen LogP contribution in [0.15, 0.2) is 0 Å². The summed E-state index contributed by atoms with van der Waals surface area (Å²) in [5.41, 5.74) is 5.65. The second kappa shape index (κ2) is 4.24. The summed E-state index contributed by atoms with van der Waals surface area (Å²) >= 11 is 0. The molecule has 2 atom stereocenters. The molecule has 0 aromatic heterocycles. The molecule has 1 rings (SSSR count). The Morgan fingerprint density at radius 2 is 2.08 bits per heavy atom. The summed E-state index contributed by atoms with van der Waals surface area (Å²) in [7, 11) is 0. The number of hydrogen-bond donors (Lipinski definition) is 1. The Morgan fingerprint density at radius 1 is 1.42 bits per heavy atom. The minimum Gasteiger partial charge on any atom is -0.329 e. The molecule has 0 aliphatic carbocycles. The summed E-state index contributed by atoms with van der Waals surface area (Å²) in [6.07, 6.45) is 2.61. The highest BCUT2D eigenvalue weighted by Crippen LogP contribution is 2.22. The van der Waals surface area contributed by atoms with Crippen LogP contribution in [0.3, 0.4) is 0 Å². The van der Waals surface area contributed by atoms with Crippen molar-refractivity contribution in [1.29, 1.82) is 0 Å². The van der Waals surface area contributed by atoms with E-state index >= 15 is 0 Å². The fourth-order valence-electron chi connectivity index (χ4n) is 2.11. The maximum atomic E-state index is 5.65. The molecule has 0 saturated carbocycles. The van der Waals surface area contributed by atoms with Gasteiger partial charge >= 0.3 is 0 Å². The topological polar surface area (TPSA) is 29.3 Å². The molecule has 0 radical (unpaired) electrons. The highest BCUT2D eigenvalue weighted by Gasteiger charge is 2.30. The second-order valence-corrected chi connectivity index (χ2v) is 4.39. The Bertz CT molecular complexity index is 132. The van der Waals surface area contributed by atoms with Gasteiger partial charge in [-0.05, 0) is 25.7 Å². The maximum Gasteiger partial charge on any atom is 0.0233 e. The van der Waals surface area contributed by atoms with E-state index < -0.39 is 0 Å². The van der Waals surface area contributed by atoms with Crippen molar-refractivity contribution in [3.05, 3.63) is 0 Å². The highest BCUT2D eigenvalue weighted by molar-refractivity contribution is 4.87. The molecule has 1 fully saturated rings. The molecule has 0 spiro atoms. The molecular formula is C10H22N2. The molecule has 1 aliphatic rings. The van der Waals surface area contributed by atoms with E-state index in [1.54, 1.807) is 0 Å². The molecule has 0 aromatic carbocycles. The molecule has 0 amide bonds. The largest absolute Gasteiger partial charge is 0.329 e. The first-order valence-electron chi connectivity index (χ1n) is 5.11. The lowest BCUT2D eigenvalue weighted by Crippen LogP contribution is -2.55. The molecule has 72 valence electrons. The predicted octanol–water partition coefficient (Wildman–Crippen LogP) is 1.45. The molecule has 12 heavy (non-hydrogen) atoms. The number of likely N-dealkylation sites (tertiary alicyclic amines) is 1. The number of nitrogens with zero attached hydrogens (tertiary/aromatic N) is 1. The van der Waals surface area contributed by atoms with Crippen LogP contribution in [0.5, 0.6) is 0 Å². The summed E-state index contributed by atoms with van der Waals surface area (Å²) in [4.78, 5) is 2.54. The van der Waals surface area contributed by atoms with E-state index in [1.807, 2.05) is 0 Å². The number of rotatable bonds is 4. The fraction of sp³-hybridized carbons (Fsp3) is 1.00. The van der Waals surface area contributed by atoms with Crippen LogP contribution >= 0.6 is 0 Å². The van der Waals surface area contributed by atoms with Crippen molar-refractivity contribution in [1.82, 2.24) is 4.90 Å². The third-order valence-electron chi connectivity index (χ3n) is 2.84. The lowest BCUT2D eigenvalue weighted by atomic mass is 9.95. The van der Waals surface area contributed by atoms with E-state index in [0.29, 0.717) is 6.04 Å². The van der Waals surface area contributed by atoms with Gasteiger partial charge in [-0.2, -0.15) is 0 Å². The van der Waals surface area contributed by atoms with Crippen molar-refractivity contribution in [3.8, 4) is 0 Å². The maximum absolute atomic E-state index is 5.65. The van der Waals surface area contributed by atoms with Gasteiger partial charge in [-0.25, -0.2) is 0 Å². The van der Waals surface area contributed by atoms with Crippen LogP contribution in [-0.2, 0) is 0 Å². The predicted molar refractivity (Wildman–Crippen MR) is 53.1 cm³/mol. The zero-order valence-corrected chi connectivity index (χ0v) is 8.59. The zero-order chi connectivity index (χ0) is 9.14. The van der Waals surface area contributed by atoms with Gasteiger partial charge in [0.1, 0.15) is 0 Å². The van der Waals surface area contributed by atoms with Crippen LogP contribution in [0.2, 0.25) is 0 Å². The quantitative estimate of drug-likeness (QED) is 0.692. The molecular weight excluding hydrogens is 148 g/mol. The van der Waals surface area contributed by atoms with E-state index in [1.165, 1.54) is 19.4 Å². The van der Waals surface area contributed by atoms with Crippen LogP contribution in [0, 0.1) is 5.92 Å². The van der Waals surface area contributed by atoms with E-state index in [-0.39, 0.29) is 0 Å². The van der Waals surface area contributed by atoms with Gasteiger partial charge in [-0.15, -0.1) is 0 Å². The Balaban J connectivity index is 2.27. The van der Waals surface area contributed by atoms with Gasteiger partial charge in [-0.1, -0.05) is 13.8 Å².